The smallest absolute Gasteiger partial charge is 0.238 e. The van der Waals surface area contributed by atoms with Gasteiger partial charge in [0.25, 0.3) is 0 Å². The molecule has 82 valence electrons. The maximum atomic E-state index is 11.4. The Hall–Kier alpha value is -0.620. The standard InChI is InChI=1S/C8H16N2O3S/c1-6(14(2,12)13)8(11)10-7-3-4-9-5-7/h6-7,9H,3-5H2,1-2H3,(H,10,11)/t6?,7-/m0/s1. The summed E-state index contributed by atoms with van der Waals surface area (Å²) in [7, 11) is -3.28. The second-order valence-corrected chi connectivity index (χ2v) is 6.04. The Morgan fingerprint density at radius 3 is 2.64 bits per heavy atom. The summed E-state index contributed by atoms with van der Waals surface area (Å²) in [5.74, 6) is -0.402. The molecule has 1 amide bonds. The van der Waals surface area contributed by atoms with Gasteiger partial charge in [-0.1, -0.05) is 0 Å². The molecule has 1 unspecified atom stereocenters. The van der Waals surface area contributed by atoms with Crippen LogP contribution in [-0.2, 0) is 14.6 Å². The van der Waals surface area contributed by atoms with Crippen molar-refractivity contribution in [1.82, 2.24) is 10.6 Å². The zero-order valence-electron chi connectivity index (χ0n) is 8.41. The molecule has 1 heterocycles. The number of nitrogens with one attached hydrogen (secondary N) is 2. The number of hydrogen-bond donors (Lipinski definition) is 2. The molecule has 1 aliphatic heterocycles. The van der Waals surface area contributed by atoms with Gasteiger partial charge < -0.3 is 10.6 Å². The summed E-state index contributed by atoms with van der Waals surface area (Å²) in [4.78, 5) is 11.4. The van der Waals surface area contributed by atoms with Gasteiger partial charge in [0.15, 0.2) is 9.84 Å². The lowest BCUT2D eigenvalue weighted by Gasteiger charge is -2.14. The van der Waals surface area contributed by atoms with Crippen molar-refractivity contribution in [3.8, 4) is 0 Å². The molecule has 0 radical (unpaired) electrons. The Kier molecular flexibility index (Phi) is 3.49. The van der Waals surface area contributed by atoms with Gasteiger partial charge in [-0.2, -0.15) is 0 Å². The number of carbonyl (C=O) groups is 1. The fourth-order valence-electron chi connectivity index (χ4n) is 1.29. The van der Waals surface area contributed by atoms with E-state index in [0.717, 1.165) is 25.8 Å². The maximum Gasteiger partial charge on any atom is 0.238 e. The third-order valence-corrected chi connectivity index (χ3v) is 3.92. The summed E-state index contributed by atoms with van der Waals surface area (Å²) >= 11 is 0. The van der Waals surface area contributed by atoms with Crippen LogP contribution in [-0.4, -0.2) is 45.0 Å². The summed E-state index contributed by atoms with van der Waals surface area (Å²) in [5, 5.41) is 4.84. The SMILES string of the molecule is CC(C(=O)N[C@H]1CCNC1)S(C)(=O)=O. The van der Waals surface area contributed by atoms with Crippen molar-refractivity contribution in [3.05, 3.63) is 0 Å². The average Bonchev–Trinajstić information content (AvgIpc) is 2.53. The fraction of sp³-hybridized carbons (Fsp3) is 0.875. The Bertz CT molecular complexity index is 307. The van der Waals surface area contributed by atoms with Crippen LogP contribution in [0.15, 0.2) is 0 Å². The van der Waals surface area contributed by atoms with E-state index >= 15 is 0 Å². The Morgan fingerprint density at radius 1 is 1.57 bits per heavy atom. The van der Waals surface area contributed by atoms with Crippen molar-refractivity contribution < 1.29 is 13.2 Å². The highest BCUT2D eigenvalue weighted by molar-refractivity contribution is 7.92. The molecule has 0 aromatic heterocycles. The molecule has 1 fully saturated rings. The van der Waals surface area contributed by atoms with Gasteiger partial charge in [-0.25, -0.2) is 8.42 Å². The van der Waals surface area contributed by atoms with Gasteiger partial charge >= 0.3 is 0 Å². The molecule has 0 aromatic carbocycles. The first-order valence-corrected chi connectivity index (χ1v) is 6.56. The van der Waals surface area contributed by atoms with Crippen LogP contribution in [0.5, 0.6) is 0 Å². The van der Waals surface area contributed by atoms with Gasteiger partial charge in [-0.05, 0) is 19.9 Å². The number of hydrogen-bond acceptors (Lipinski definition) is 4. The summed E-state index contributed by atoms with van der Waals surface area (Å²) in [6.45, 7) is 3.01. The third-order valence-electron chi connectivity index (χ3n) is 2.42. The van der Waals surface area contributed by atoms with Crippen LogP contribution in [0.1, 0.15) is 13.3 Å². The highest BCUT2D eigenvalue weighted by Crippen LogP contribution is 2.02. The van der Waals surface area contributed by atoms with Gasteiger partial charge in [0.2, 0.25) is 5.91 Å². The van der Waals surface area contributed by atoms with E-state index in [-0.39, 0.29) is 6.04 Å². The van der Waals surface area contributed by atoms with E-state index in [2.05, 4.69) is 10.6 Å². The van der Waals surface area contributed by atoms with E-state index in [4.69, 9.17) is 0 Å². The Balaban J connectivity index is 2.49. The van der Waals surface area contributed by atoms with Crippen molar-refractivity contribution in [1.29, 1.82) is 0 Å². The molecule has 0 aromatic rings. The molecule has 0 bridgehead atoms. The molecular formula is C8H16N2O3S. The second-order valence-electron chi connectivity index (χ2n) is 3.67. The Morgan fingerprint density at radius 2 is 2.21 bits per heavy atom. The topological polar surface area (TPSA) is 75.3 Å². The van der Waals surface area contributed by atoms with Crippen LogP contribution in [0.3, 0.4) is 0 Å². The molecule has 14 heavy (non-hydrogen) atoms. The van der Waals surface area contributed by atoms with Crippen molar-refractivity contribution in [2.24, 2.45) is 0 Å². The zero-order valence-corrected chi connectivity index (χ0v) is 9.23. The minimum atomic E-state index is -3.28. The molecule has 2 N–H and O–H groups in total. The van der Waals surface area contributed by atoms with Crippen LogP contribution in [0, 0.1) is 0 Å². The zero-order chi connectivity index (χ0) is 10.8. The molecule has 0 spiro atoms. The van der Waals surface area contributed by atoms with Crippen LogP contribution in [0.2, 0.25) is 0 Å². The highest BCUT2D eigenvalue weighted by atomic mass is 32.2. The van der Waals surface area contributed by atoms with E-state index < -0.39 is 21.0 Å². The van der Waals surface area contributed by atoms with Gasteiger partial charge in [-0.15, -0.1) is 0 Å². The number of carbonyl (C=O) groups excluding carboxylic acids is 1. The summed E-state index contributed by atoms with van der Waals surface area (Å²) in [5.41, 5.74) is 0. The van der Waals surface area contributed by atoms with Gasteiger partial charge in [0, 0.05) is 18.8 Å². The fourth-order valence-corrected chi connectivity index (χ4v) is 1.75. The summed E-state index contributed by atoms with van der Waals surface area (Å²) in [6.07, 6.45) is 1.94. The largest absolute Gasteiger partial charge is 0.351 e. The molecule has 2 atom stereocenters. The van der Waals surface area contributed by atoms with Crippen LogP contribution >= 0.6 is 0 Å². The van der Waals surface area contributed by atoms with Crippen molar-refractivity contribution in [2.75, 3.05) is 19.3 Å². The van der Waals surface area contributed by atoms with E-state index in [1.807, 2.05) is 0 Å². The molecule has 0 aliphatic carbocycles. The van der Waals surface area contributed by atoms with Crippen molar-refractivity contribution >= 4 is 15.7 Å². The van der Waals surface area contributed by atoms with Crippen LogP contribution in [0.25, 0.3) is 0 Å². The number of amides is 1. The van der Waals surface area contributed by atoms with Gasteiger partial charge in [0.1, 0.15) is 5.25 Å². The Labute approximate surface area is 84.2 Å². The van der Waals surface area contributed by atoms with Crippen LogP contribution < -0.4 is 10.6 Å². The first kappa shape index (κ1) is 11.5. The molecule has 1 rings (SSSR count). The summed E-state index contributed by atoms with van der Waals surface area (Å²) in [6, 6.07) is 0.0756. The van der Waals surface area contributed by atoms with Gasteiger partial charge in [0.05, 0.1) is 0 Å². The van der Waals surface area contributed by atoms with Crippen molar-refractivity contribution in [3.63, 3.8) is 0 Å². The number of sulfone groups is 1. The molecule has 1 saturated heterocycles. The molecule has 5 nitrogen and oxygen atoms in total. The van der Waals surface area contributed by atoms with Crippen molar-refractivity contribution in [2.45, 2.75) is 24.6 Å². The lowest BCUT2D eigenvalue weighted by Crippen LogP contribution is -2.43. The molecular weight excluding hydrogens is 204 g/mol. The van der Waals surface area contributed by atoms with E-state index in [1.165, 1.54) is 6.92 Å². The molecule has 6 heteroatoms. The predicted molar refractivity (Wildman–Crippen MR) is 53.7 cm³/mol. The van der Waals surface area contributed by atoms with Crippen LogP contribution in [0.4, 0.5) is 0 Å². The second kappa shape index (κ2) is 4.27. The van der Waals surface area contributed by atoms with E-state index in [1.54, 1.807) is 0 Å². The third kappa shape index (κ3) is 2.95. The minimum absolute atomic E-state index is 0.0756. The summed E-state index contributed by atoms with van der Waals surface area (Å²) < 4.78 is 22.1. The molecule has 0 saturated carbocycles. The van der Waals surface area contributed by atoms with E-state index in [0.29, 0.717) is 0 Å². The normalized spacial score (nSPS) is 24.6. The lowest BCUT2D eigenvalue weighted by molar-refractivity contribution is -0.121. The van der Waals surface area contributed by atoms with Gasteiger partial charge in [-0.3, -0.25) is 4.79 Å². The highest BCUT2D eigenvalue weighted by Gasteiger charge is 2.26. The average molecular weight is 220 g/mol. The minimum Gasteiger partial charge on any atom is -0.351 e. The number of rotatable bonds is 3. The quantitative estimate of drug-likeness (QED) is 0.633. The molecule has 1 aliphatic rings. The monoisotopic (exact) mass is 220 g/mol. The maximum absolute atomic E-state index is 11.4. The lowest BCUT2D eigenvalue weighted by atomic mass is 10.2. The predicted octanol–water partition coefficient (Wildman–Crippen LogP) is -1.10. The van der Waals surface area contributed by atoms with E-state index in [9.17, 15) is 13.2 Å². The first-order valence-electron chi connectivity index (χ1n) is 4.61. The first-order chi connectivity index (χ1) is 6.41.